The minimum absolute atomic E-state index is 0.300. The Bertz CT molecular complexity index is 895. The van der Waals surface area contributed by atoms with Gasteiger partial charge < -0.3 is 15.5 Å². The first kappa shape index (κ1) is 15.7. The van der Waals surface area contributed by atoms with Gasteiger partial charge in [-0.15, -0.1) is 0 Å². The molecule has 0 fully saturated rings. The van der Waals surface area contributed by atoms with Crippen LogP contribution in [0.3, 0.4) is 0 Å². The van der Waals surface area contributed by atoms with Crippen molar-refractivity contribution in [3.05, 3.63) is 74.8 Å². The van der Waals surface area contributed by atoms with Gasteiger partial charge in [0.15, 0.2) is 0 Å². The molecule has 0 atom stereocenters. The molecule has 3 rings (SSSR count). The van der Waals surface area contributed by atoms with Gasteiger partial charge in [-0.25, -0.2) is 0 Å². The summed E-state index contributed by atoms with van der Waals surface area (Å²) in [6.07, 6.45) is 1.69. The maximum Gasteiger partial charge on any atom is 0.253 e. The Hall–Kier alpha value is -3.15. The highest BCUT2D eigenvalue weighted by atomic mass is 16.2. The van der Waals surface area contributed by atoms with Crippen molar-refractivity contribution < 1.29 is 0 Å². The van der Waals surface area contributed by atoms with Crippen LogP contribution in [0.5, 0.6) is 0 Å². The summed E-state index contributed by atoms with van der Waals surface area (Å²) in [5, 5.41) is 6.01. The van der Waals surface area contributed by atoms with Gasteiger partial charge >= 0.3 is 0 Å². The van der Waals surface area contributed by atoms with E-state index in [9.17, 15) is 9.59 Å². The summed E-state index contributed by atoms with van der Waals surface area (Å²) in [7, 11) is 3.91. The molecule has 24 heavy (non-hydrogen) atoms. The van der Waals surface area contributed by atoms with Crippen molar-refractivity contribution in [1.82, 2.24) is 4.98 Å². The zero-order chi connectivity index (χ0) is 17.1. The molecule has 3 aromatic rings. The maximum absolute atomic E-state index is 11.8. The van der Waals surface area contributed by atoms with Gasteiger partial charge in [-0.1, -0.05) is 6.07 Å². The molecule has 0 saturated carbocycles. The average Bonchev–Trinajstić information content (AvgIpc) is 2.61. The van der Waals surface area contributed by atoms with Gasteiger partial charge in [-0.05, 0) is 36.4 Å². The van der Waals surface area contributed by atoms with Gasteiger partial charge in [0.1, 0.15) is 11.4 Å². The maximum atomic E-state index is 11.8. The third kappa shape index (κ3) is 3.12. The first-order chi connectivity index (χ1) is 11.6. The fourth-order valence-electron chi connectivity index (χ4n) is 2.35. The van der Waals surface area contributed by atoms with Gasteiger partial charge in [0.25, 0.3) is 10.9 Å². The molecule has 6 heteroatoms. The average molecular weight is 322 g/mol. The van der Waals surface area contributed by atoms with E-state index in [2.05, 4.69) is 15.6 Å². The lowest BCUT2D eigenvalue weighted by molar-refractivity contribution is 1.04. The zero-order valence-corrected chi connectivity index (χ0v) is 13.5. The van der Waals surface area contributed by atoms with Gasteiger partial charge in [-0.3, -0.25) is 14.6 Å². The predicted molar refractivity (Wildman–Crippen MR) is 97.0 cm³/mol. The molecule has 0 radical (unpaired) electrons. The minimum Gasteiger partial charge on any atom is -0.378 e. The fraction of sp³-hybridized carbons (Fsp3) is 0.167. The van der Waals surface area contributed by atoms with Gasteiger partial charge in [-0.2, -0.15) is 0 Å². The van der Waals surface area contributed by atoms with Crippen molar-refractivity contribution in [3.63, 3.8) is 0 Å². The Morgan fingerprint density at radius 1 is 0.958 bits per heavy atom. The summed E-state index contributed by atoms with van der Waals surface area (Å²) in [6.45, 7) is 0.389. The predicted octanol–water partition coefficient (Wildman–Crippen LogP) is 2.10. The number of pyridine rings is 1. The Labute approximate surface area is 139 Å². The van der Waals surface area contributed by atoms with Crippen LogP contribution in [-0.2, 0) is 6.54 Å². The Balaban J connectivity index is 1.73. The highest BCUT2D eigenvalue weighted by molar-refractivity contribution is 5.79. The van der Waals surface area contributed by atoms with Crippen LogP contribution in [0.25, 0.3) is 0 Å². The first-order valence-corrected chi connectivity index (χ1v) is 7.58. The zero-order valence-electron chi connectivity index (χ0n) is 13.5. The van der Waals surface area contributed by atoms with Gasteiger partial charge in [0.2, 0.25) is 0 Å². The van der Waals surface area contributed by atoms with Crippen molar-refractivity contribution in [2.75, 3.05) is 29.6 Å². The molecule has 0 amide bonds. The molecule has 0 aliphatic rings. The molecule has 0 aliphatic heterocycles. The van der Waals surface area contributed by atoms with Crippen LogP contribution in [0.1, 0.15) is 5.69 Å². The van der Waals surface area contributed by atoms with Crippen molar-refractivity contribution in [3.8, 4) is 0 Å². The van der Waals surface area contributed by atoms with E-state index < -0.39 is 10.9 Å². The molecule has 6 nitrogen and oxygen atoms in total. The molecule has 0 unspecified atom stereocenters. The molecule has 1 heterocycles. The van der Waals surface area contributed by atoms with Crippen LogP contribution in [0.4, 0.5) is 22.7 Å². The lowest BCUT2D eigenvalue weighted by Crippen LogP contribution is -2.36. The lowest BCUT2D eigenvalue weighted by atomic mass is 10.1. The number of hydrogen-bond acceptors (Lipinski definition) is 6. The van der Waals surface area contributed by atoms with Crippen LogP contribution >= 0.6 is 0 Å². The normalized spacial score (nSPS) is 10.6. The van der Waals surface area contributed by atoms with E-state index in [0.717, 1.165) is 17.1 Å². The summed E-state index contributed by atoms with van der Waals surface area (Å²) in [6, 6.07) is 13.2. The number of benzene rings is 1. The highest BCUT2D eigenvalue weighted by Crippen LogP contribution is 2.23. The quantitative estimate of drug-likeness (QED) is 0.677. The van der Waals surface area contributed by atoms with Crippen LogP contribution in [-0.4, -0.2) is 19.1 Å². The second-order valence-corrected chi connectivity index (χ2v) is 5.65. The molecule has 0 saturated heterocycles. The minimum atomic E-state index is -0.504. The van der Waals surface area contributed by atoms with Crippen LogP contribution in [0, 0.1) is 0 Å². The Kier molecular flexibility index (Phi) is 4.29. The molecular weight excluding hydrogens is 304 g/mol. The number of hydrogen-bond donors (Lipinski definition) is 2. The van der Waals surface area contributed by atoms with E-state index in [1.54, 1.807) is 6.20 Å². The van der Waals surface area contributed by atoms with Crippen molar-refractivity contribution in [2.45, 2.75) is 6.54 Å². The van der Waals surface area contributed by atoms with E-state index >= 15 is 0 Å². The molecule has 2 N–H and O–H groups in total. The lowest BCUT2D eigenvalue weighted by Gasteiger charge is -2.16. The Morgan fingerprint density at radius 3 is 2.29 bits per heavy atom. The first-order valence-electron chi connectivity index (χ1n) is 7.58. The molecule has 122 valence electrons. The van der Waals surface area contributed by atoms with Crippen molar-refractivity contribution >= 4 is 22.7 Å². The third-order valence-electron chi connectivity index (χ3n) is 3.74. The molecule has 0 spiro atoms. The molecule has 0 aliphatic carbocycles. The molecule has 0 bridgehead atoms. The van der Waals surface area contributed by atoms with E-state index in [0.29, 0.717) is 17.9 Å². The van der Waals surface area contributed by atoms with E-state index in [1.807, 2.05) is 61.5 Å². The van der Waals surface area contributed by atoms with E-state index in [1.165, 1.54) is 0 Å². The number of aromatic nitrogens is 1. The van der Waals surface area contributed by atoms with Crippen molar-refractivity contribution in [1.29, 1.82) is 0 Å². The topological polar surface area (TPSA) is 74.3 Å². The number of nitrogens with zero attached hydrogens (tertiary/aromatic N) is 2. The molecule has 2 aromatic carbocycles. The summed E-state index contributed by atoms with van der Waals surface area (Å²) in [4.78, 5) is 29.8. The van der Waals surface area contributed by atoms with Crippen LogP contribution in [0.15, 0.2) is 58.3 Å². The summed E-state index contributed by atoms with van der Waals surface area (Å²) >= 11 is 0. The van der Waals surface area contributed by atoms with Crippen LogP contribution in [0.2, 0.25) is 0 Å². The summed E-state index contributed by atoms with van der Waals surface area (Å²) < 4.78 is 0. The number of rotatable bonds is 6. The van der Waals surface area contributed by atoms with Gasteiger partial charge in [0.05, 0.1) is 12.2 Å². The molecule has 1 aromatic heterocycles. The number of nitrogens with one attached hydrogen (secondary N) is 2. The standard InChI is InChI=1S/C18H18N4O2/c1-22(2)14-8-6-12(7-9-14)21-16-15(17(23)18(16)24)20-11-13-5-3-4-10-19-13/h3-10,20-21H,11H2,1-2H3. The highest BCUT2D eigenvalue weighted by Gasteiger charge is 2.20. The third-order valence-corrected chi connectivity index (χ3v) is 3.74. The van der Waals surface area contributed by atoms with E-state index in [4.69, 9.17) is 0 Å². The SMILES string of the molecule is CN(C)c1ccc(Nc2c(NCc3ccccn3)c(=O)c2=O)cc1. The second kappa shape index (κ2) is 6.54. The van der Waals surface area contributed by atoms with Gasteiger partial charge in [0, 0.05) is 31.7 Å². The second-order valence-electron chi connectivity index (χ2n) is 5.65. The molecular formula is C18H18N4O2. The van der Waals surface area contributed by atoms with Crippen molar-refractivity contribution in [2.24, 2.45) is 0 Å². The summed E-state index contributed by atoms with van der Waals surface area (Å²) in [5.74, 6) is 0. The largest absolute Gasteiger partial charge is 0.378 e. The monoisotopic (exact) mass is 322 g/mol. The number of anilines is 4. The smallest absolute Gasteiger partial charge is 0.253 e. The van der Waals surface area contributed by atoms with E-state index in [-0.39, 0.29) is 0 Å². The summed E-state index contributed by atoms with van der Waals surface area (Å²) in [5.41, 5.74) is 2.21. The Morgan fingerprint density at radius 2 is 1.67 bits per heavy atom. The van der Waals surface area contributed by atoms with Crippen LogP contribution < -0.4 is 26.4 Å². The fourth-order valence-corrected chi connectivity index (χ4v) is 2.35.